The molecule has 3 N–H and O–H groups in total. The molecule has 1 saturated carbocycles. The van der Waals surface area contributed by atoms with Crippen LogP contribution in [0.4, 0.5) is 0 Å². The molecule has 0 amide bonds. The summed E-state index contributed by atoms with van der Waals surface area (Å²) in [6, 6.07) is 6.33. The third-order valence-corrected chi connectivity index (χ3v) is 4.71. The molecule has 94 valence electrons. The zero-order valence-electron chi connectivity index (χ0n) is 10.3. The van der Waals surface area contributed by atoms with Gasteiger partial charge in [0.15, 0.2) is 0 Å². The number of hydrogen-bond acceptors (Lipinski definition) is 2. The largest absolute Gasteiger partial charge is 0.323 e. The quantitative estimate of drug-likeness (QED) is 0.714. The fourth-order valence-electron chi connectivity index (χ4n) is 3.60. The van der Waals surface area contributed by atoms with Gasteiger partial charge in [-0.1, -0.05) is 6.07 Å². The standard InChI is InChI=1S/C14H17N3O/c18-13-16-11-2-1-9(5-12(11)17-13)10-3-4-14(6-10)7-15-8-14/h1-2,5,10,15H,3-4,6-8H2,(H2,16,17,18). The van der Waals surface area contributed by atoms with E-state index in [0.717, 1.165) is 11.0 Å². The van der Waals surface area contributed by atoms with Crippen LogP contribution in [0.5, 0.6) is 0 Å². The van der Waals surface area contributed by atoms with E-state index < -0.39 is 0 Å². The van der Waals surface area contributed by atoms with Crippen molar-refractivity contribution in [3.05, 3.63) is 34.2 Å². The summed E-state index contributed by atoms with van der Waals surface area (Å²) in [5.41, 5.74) is 3.67. The van der Waals surface area contributed by atoms with Gasteiger partial charge < -0.3 is 15.3 Å². The van der Waals surface area contributed by atoms with Gasteiger partial charge in [0.2, 0.25) is 0 Å². The van der Waals surface area contributed by atoms with E-state index in [2.05, 4.69) is 27.4 Å². The van der Waals surface area contributed by atoms with E-state index in [4.69, 9.17) is 0 Å². The van der Waals surface area contributed by atoms with E-state index >= 15 is 0 Å². The van der Waals surface area contributed by atoms with Crippen LogP contribution >= 0.6 is 0 Å². The van der Waals surface area contributed by atoms with Gasteiger partial charge in [-0.05, 0) is 48.3 Å². The molecule has 1 spiro atoms. The van der Waals surface area contributed by atoms with Crippen molar-refractivity contribution in [1.82, 2.24) is 15.3 Å². The van der Waals surface area contributed by atoms with Crippen LogP contribution in [0.3, 0.4) is 0 Å². The number of rotatable bonds is 1. The van der Waals surface area contributed by atoms with Crippen molar-refractivity contribution in [2.75, 3.05) is 13.1 Å². The topological polar surface area (TPSA) is 60.7 Å². The summed E-state index contributed by atoms with van der Waals surface area (Å²) in [5.74, 6) is 0.662. The van der Waals surface area contributed by atoms with Crippen LogP contribution in [0.2, 0.25) is 0 Å². The van der Waals surface area contributed by atoms with Crippen molar-refractivity contribution in [2.24, 2.45) is 5.41 Å². The lowest BCUT2D eigenvalue weighted by Crippen LogP contribution is -2.51. The lowest BCUT2D eigenvalue weighted by atomic mass is 9.79. The Labute approximate surface area is 105 Å². The summed E-state index contributed by atoms with van der Waals surface area (Å²) in [4.78, 5) is 16.9. The Morgan fingerprint density at radius 2 is 2.00 bits per heavy atom. The first kappa shape index (κ1) is 10.4. The van der Waals surface area contributed by atoms with Crippen LogP contribution in [0.25, 0.3) is 11.0 Å². The van der Waals surface area contributed by atoms with Gasteiger partial charge in [-0.3, -0.25) is 0 Å². The normalized spacial score (nSPS) is 25.7. The van der Waals surface area contributed by atoms with Gasteiger partial charge in [-0.15, -0.1) is 0 Å². The maximum absolute atomic E-state index is 11.3. The summed E-state index contributed by atoms with van der Waals surface area (Å²) in [6.45, 7) is 2.37. The number of aromatic nitrogens is 2. The lowest BCUT2D eigenvalue weighted by molar-refractivity contribution is 0.175. The number of fused-ring (bicyclic) bond motifs is 1. The molecule has 4 rings (SSSR count). The molecular weight excluding hydrogens is 226 g/mol. The molecule has 1 saturated heterocycles. The summed E-state index contributed by atoms with van der Waals surface area (Å²) in [5, 5.41) is 3.40. The Bertz CT molecular complexity index is 650. The molecular formula is C14H17N3O. The third-order valence-electron chi connectivity index (χ3n) is 4.71. The fourth-order valence-corrected chi connectivity index (χ4v) is 3.60. The van der Waals surface area contributed by atoms with Crippen LogP contribution in [0.15, 0.2) is 23.0 Å². The van der Waals surface area contributed by atoms with Gasteiger partial charge in [0.1, 0.15) is 0 Å². The Balaban J connectivity index is 1.68. The monoisotopic (exact) mass is 243 g/mol. The second kappa shape index (κ2) is 3.48. The summed E-state index contributed by atoms with van der Waals surface area (Å²) in [6.07, 6.45) is 3.91. The molecule has 1 aliphatic carbocycles. The van der Waals surface area contributed by atoms with Crippen molar-refractivity contribution in [3.8, 4) is 0 Å². The summed E-state index contributed by atoms with van der Waals surface area (Å²) >= 11 is 0. The Morgan fingerprint density at radius 1 is 1.17 bits per heavy atom. The molecule has 0 radical (unpaired) electrons. The molecule has 0 bridgehead atoms. The fraction of sp³-hybridized carbons (Fsp3) is 0.500. The van der Waals surface area contributed by atoms with Crippen molar-refractivity contribution >= 4 is 11.0 Å². The second-order valence-electron chi connectivity index (χ2n) is 5.93. The third kappa shape index (κ3) is 1.45. The number of aromatic amines is 2. The van der Waals surface area contributed by atoms with Gasteiger partial charge in [0, 0.05) is 13.1 Å². The van der Waals surface area contributed by atoms with E-state index in [0.29, 0.717) is 11.3 Å². The molecule has 1 atom stereocenters. The lowest BCUT2D eigenvalue weighted by Gasteiger charge is -2.39. The van der Waals surface area contributed by atoms with E-state index in [1.165, 1.54) is 37.9 Å². The van der Waals surface area contributed by atoms with Crippen molar-refractivity contribution in [1.29, 1.82) is 0 Å². The van der Waals surface area contributed by atoms with Crippen molar-refractivity contribution in [2.45, 2.75) is 25.2 Å². The second-order valence-corrected chi connectivity index (χ2v) is 5.93. The number of imidazole rings is 1. The van der Waals surface area contributed by atoms with Crippen LogP contribution in [-0.4, -0.2) is 23.1 Å². The number of hydrogen-bond donors (Lipinski definition) is 3. The van der Waals surface area contributed by atoms with Crippen molar-refractivity contribution < 1.29 is 0 Å². The molecule has 2 fully saturated rings. The average Bonchev–Trinajstić information content (AvgIpc) is 2.88. The van der Waals surface area contributed by atoms with E-state index in [1.54, 1.807) is 0 Å². The number of benzene rings is 1. The van der Waals surface area contributed by atoms with Crippen LogP contribution in [0.1, 0.15) is 30.7 Å². The molecule has 1 aromatic carbocycles. The molecule has 2 heterocycles. The molecule has 4 heteroatoms. The highest BCUT2D eigenvalue weighted by molar-refractivity contribution is 5.75. The van der Waals surface area contributed by atoms with Crippen LogP contribution in [-0.2, 0) is 0 Å². The van der Waals surface area contributed by atoms with Gasteiger partial charge in [0.25, 0.3) is 0 Å². The minimum Gasteiger partial charge on any atom is -0.316 e. The first-order valence-electron chi connectivity index (χ1n) is 6.67. The summed E-state index contributed by atoms with van der Waals surface area (Å²) < 4.78 is 0. The average molecular weight is 243 g/mol. The summed E-state index contributed by atoms with van der Waals surface area (Å²) in [7, 11) is 0. The molecule has 18 heavy (non-hydrogen) atoms. The highest BCUT2D eigenvalue weighted by atomic mass is 16.1. The Morgan fingerprint density at radius 3 is 2.72 bits per heavy atom. The predicted molar refractivity (Wildman–Crippen MR) is 70.8 cm³/mol. The minimum absolute atomic E-state index is 0.117. The van der Waals surface area contributed by atoms with Crippen LogP contribution < -0.4 is 11.0 Å². The number of H-pyrrole nitrogens is 2. The first-order chi connectivity index (χ1) is 8.74. The number of nitrogens with one attached hydrogen (secondary N) is 3. The molecule has 1 unspecified atom stereocenters. The van der Waals surface area contributed by atoms with Crippen molar-refractivity contribution in [3.63, 3.8) is 0 Å². The van der Waals surface area contributed by atoms with Gasteiger partial charge in [0.05, 0.1) is 11.0 Å². The smallest absolute Gasteiger partial charge is 0.316 e. The zero-order valence-corrected chi connectivity index (χ0v) is 10.3. The maximum Gasteiger partial charge on any atom is 0.323 e. The molecule has 1 aliphatic heterocycles. The zero-order chi connectivity index (χ0) is 12.2. The maximum atomic E-state index is 11.3. The Hall–Kier alpha value is -1.55. The van der Waals surface area contributed by atoms with Gasteiger partial charge in [-0.2, -0.15) is 0 Å². The SMILES string of the molecule is O=c1[nH]c2ccc(C3CCC4(CNC4)C3)cc2[nH]1. The highest BCUT2D eigenvalue weighted by Gasteiger charge is 2.43. The highest BCUT2D eigenvalue weighted by Crippen LogP contribution is 2.48. The minimum atomic E-state index is -0.117. The van der Waals surface area contributed by atoms with E-state index in [1.807, 2.05) is 6.07 Å². The van der Waals surface area contributed by atoms with Gasteiger partial charge >= 0.3 is 5.69 Å². The molecule has 2 aliphatic rings. The van der Waals surface area contributed by atoms with E-state index in [9.17, 15) is 4.79 Å². The Kier molecular flexibility index (Phi) is 2.01. The first-order valence-corrected chi connectivity index (χ1v) is 6.67. The van der Waals surface area contributed by atoms with E-state index in [-0.39, 0.29) is 5.69 Å². The van der Waals surface area contributed by atoms with Gasteiger partial charge in [-0.25, -0.2) is 4.79 Å². The molecule has 2 aromatic rings. The molecule has 4 nitrogen and oxygen atoms in total. The predicted octanol–water partition coefficient (Wildman–Crippen LogP) is 1.71. The molecule has 1 aromatic heterocycles. The van der Waals surface area contributed by atoms with Crippen LogP contribution in [0, 0.1) is 5.41 Å².